The Balaban J connectivity index is 0. The third-order valence-electron chi connectivity index (χ3n) is 5.16. The maximum atomic E-state index is 13.3. The monoisotopic (exact) mass is 544 g/mol. The topological polar surface area (TPSA) is 0 Å². The first-order chi connectivity index (χ1) is 12.1. The van der Waals surface area contributed by atoms with Gasteiger partial charge in [0, 0.05) is 0 Å². The molecule has 168 valence electrons. The quantitative estimate of drug-likeness (QED) is 0.306. The van der Waals surface area contributed by atoms with Gasteiger partial charge in [0.05, 0.1) is 0 Å². The fourth-order valence-electron chi connectivity index (χ4n) is 3.73. The average molecular weight is 546 g/mol. The third kappa shape index (κ3) is 6.32. The van der Waals surface area contributed by atoms with E-state index in [1.165, 1.54) is 0 Å². The van der Waals surface area contributed by atoms with Crippen LogP contribution in [0.4, 0.5) is 26.3 Å². The summed E-state index contributed by atoms with van der Waals surface area (Å²) in [5, 5.41) is 0. The van der Waals surface area contributed by atoms with Gasteiger partial charge < -0.3 is 37.2 Å². The molecular formula is C19H21Cl3F6SiTi. The Labute approximate surface area is 205 Å². The minimum absolute atomic E-state index is 0. The molecule has 11 heteroatoms. The third-order valence-corrected chi connectivity index (χ3v) is 8.52. The standard InChI is InChI=1S/C19H21F6Si.3ClH.Ti/c1-10-11(2)16(9-26(4)5)17(12(10)3)13-6-14(18(20,21)22)8-15(7-13)19(23,24)25;;;;/h6-8,26H,9H2,1-5H3;3*1H;/q;;;;+3/p-3. The second-order valence-electron chi connectivity index (χ2n) is 7.55. The molecule has 0 fully saturated rings. The van der Waals surface area contributed by atoms with E-state index in [1.54, 1.807) is 6.92 Å². The van der Waals surface area contributed by atoms with Crippen LogP contribution in [0.25, 0.3) is 5.57 Å². The molecule has 1 aliphatic carbocycles. The molecule has 1 aromatic rings. The molecule has 30 heavy (non-hydrogen) atoms. The maximum absolute atomic E-state index is 13.3. The molecule has 0 aliphatic heterocycles. The molecule has 0 nitrogen and oxygen atoms in total. The summed E-state index contributed by atoms with van der Waals surface area (Å²) in [4.78, 5) is 0. The number of hydrogen-bond donors (Lipinski definition) is 0. The van der Waals surface area contributed by atoms with E-state index in [1.807, 2.05) is 34.3 Å². The Hall–Kier alpha value is 0.0812. The van der Waals surface area contributed by atoms with Crippen molar-refractivity contribution in [2.45, 2.75) is 56.0 Å². The van der Waals surface area contributed by atoms with Gasteiger partial charge in [-0.25, -0.2) is 0 Å². The van der Waals surface area contributed by atoms with Crippen LogP contribution in [0.5, 0.6) is 0 Å². The molecule has 0 radical (unpaired) electrons. The summed E-state index contributed by atoms with van der Waals surface area (Å²) in [6.45, 7) is 9.87. The van der Waals surface area contributed by atoms with Gasteiger partial charge in [-0.1, -0.05) is 0 Å². The van der Waals surface area contributed by atoms with E-state index in [4.69, 9.17) is 0 Å². The van der Waals surface area contributed by atoms with Crippen molar-refractivity contribution in [1.29, 1.82) is 0 Å². The maximum Gasteiger partial charge on any atom is -1.00 e. The Morgan fingerprint density at radius 1 is 0.800 bits per heavy atom. The molecule has 2 rings (SSSR count). The number of halogens is 9. The van der Waals surface area contributed by atoms with Gasteiger partial charge >= 0.3 is 169 Å². The zero-order valence-corrected chi connectivity index (χ0v) is 21.9. The largest absolute Gasteiger partial charge is 1.00 e. The molecule has 1 unspecified atom stereocenters. The van der Waals surface area contributed by atoms with Crippen molar-refractivity contribution in [3.8, 4) is 0 Å². The summed E-state index contributed by atoms with van der Waals surface area (Å²) >= 11 is 1.94. The van der Waals surface area contributed by atoms with Crippen molar-refractivity contribution < 1.29 is 84.0 Å². The first-order valence-electron chi connectivity index (χ1n) is 8.53. The minimum atomic E-state index is -4.84. The summed E-state index contributed by atoms with van der Waals surface area (Å²) < 4.78 is 79.2. The fraction of sp³-hybridized carbons (Fsp3) is 0.474. The van der Waals surface area contributed by atoms with Crippen LogP contribution in [-0.2, 0) is 32.8 Å². The summed E-state index contributed by atoms with van der Waals surface area (Å²) in [5.74, 6) is 0. The van der Waals surface area contributed by atoms with Crippen LogP contribution < -0.4 is 37.2 Å². The summed E-state index contributed by atoms with van der Waals surface area (Å²) in [5.41, 5.74) is 0.837. The smallest absolute Gasteiger partial charge is 1.00 e. The first kappa shape index (κ1) is 32.3. The zero-order chi connectivity index (χ0) is 20.9. The van der Waals surface area contributed by atoms with Crippen molar-refractivity contribution >= 4 is 14.4 Å². The molecule has 1 atom stereocenters. The number of benzene rings is 1. The number of rotatable bonds is 3. The Morgan fingerprint density at radius 3 is 1.53 bits per heavy atom. The molecule has 0 saturated heterocycles. The van der Waals surface area contributed by atoms with E-state index in [0.717, 1.165) is 34.9 Å². The van der Waals surface area contributed by atoms with Gasteiger partial charge in [0.15, 0.2) is 0 Å². The van der Waals surface area contributed by atoms with Crippen molar-refractivity contribution in [2.24, 2.45) is 0 Å². The van der Waals surface area contributed by atoms with Gasteiger partial charge in [-0.15, -0.1) is 0 Å². The van der Waals surface area contributed by atoms with E-state index in [9.17, 15) is 26.3 Å². The predicted molar refractivity (Wildman–Crippen MR) is 93.8 cm³/mol. The van der Waals surface area contributed by atoms with Crippen LogP contribution in [0.2, 0.25) is 22.9 Å². The Bertz CT molecular complexity index is 798. The second kappa shape index (κ2) is 10.8. The predicted octanol–water partition coefficient (Wildman–Crippen LogP) is -1.95. The molecule has 0 heterocycles. The SMILES string of the molecule is CC1=C(C)[C]([Ti+3])(C[SiH](C)C)C(c2cc(C(F)(F)F)cc(C(F)(F)F)c2)=C1C.[Cl-].[Cl-].[Cl-]. The molecule has 0 bridgehead atoms. The van der Waals surface area contributed by atoms with Crippen molar-refractivity contribution in [3.63, 3.8) is 0 Å². The van der Waals surface area contributed by atoms with E-state index in [-0.39, 0.29) is 48.9 Å². The number of hydrogen-bond acceptors (Lipinski definition) is 0. The van der Waals surface area contributed by atoms with Crippen LogP contribution in [-0.4, -0.2) is 8.80 Å². The van der Waals surface area contributed by atoms with Gasteiger partial charge in [0.1, 0.15) is 0 Å². The normalized spacial score (nSPS) is 19.5. The van der Waals surface area contributed by atoms with E-state index >= 15 is 0 Å². The van der Waals surface area contributed by atoms with Crippen LogP contribution in [0, 0.1) is 0 Å². The Morgan fingerprint density at radius 2 is 1.20 bits per heavy atom. The van der Waals surface area contributed by atoms with Gasteiger partial charge in [0.25, 0.3) is 0 Å². The van der Waals surface area contributed by atoms with E-state index in [2.05, 4.69) is 13.1 Å². The molecule has 0 spiro atoms. The molecule has 0 aromatic heterocycles. The van der Waals surface area contributed by atoms with Crippen molar-refractivity contribution in [2.75, 3.05) is 0 Å². The molecule has 1 aliphatic rings. The van der Waals surface area contributed by atoms with Crippen molar-refractivity contribution in [1.82, 2.24) is 0 Å². The molecule has 1 aromatic carbocycles. The van der Waals surface area contributed by atoms with Gasteiger partial charge in [-0.2, -0.15) is 0 Å². The van der Waals surface area contributed by atoms with Crippen LogP contribution in [0.1, 0.15) is 37.5 Å². The summed E-state index contributed by atoms with van der Waals surface area (Å²) in [6.07, 6.45) is -9.69. The molecule has 0 N–H and O–H groups in total. The van der Waals surface area contributed by atoms with Crippen LogP contribution >= 0.6 is 0 Å². The van der Waals surface area contributed by atoms with Gasteiger partial charge in [0.2, 0.25) is 0 Å². The number of alkyl halides is 6. The Kier molecular flexibility index (Phi) is 11.6. The van der Waals surface area contributed by atoms with Gasteiger partial charge in [-0.05, 0) is 0 Å². The second-order valence-corrected chi connectivity index (χ2v) is 12.1. The van der Waals surface area contributed by atoms with Crippen LogP contribution in [0.3, 0.4) is 0 Å². The van der Waals surface area contributed by atoms with E-state index < -0.39 is 36.0 Å². The first-order valence-corrected chi connectivity index (χ1v) is 12.4. The minimum Gasteiger partial charge on any atom is -1.00 e. The number of allylic oxidation sites excluding steroid dienone is 4. The molecule has 0 saturated carbocycles. The summed E-state index contributed by atoms with van der Waals surface area (Å²) in [7, 11) is -1.15. The molecule has 0 amide bonds. The van der Waals surface area contributed by atoms with Crippen LogP contribution in [0.15, 0.2) is 34.9 Å². The zero-order valence-electron chi connectivity index (χ0n) is 16.9. The van der Waals surface area contributed by atoms with Gasteiger partial charge in [-0.3, -0.25) is 0 Å². The summed E-state index contributed by atoms with van der Waals surface area (Å²) in [6, 6.07) is 2.69. The average Bonchev–Trinajstić information content (AvgIpc) is 2.65. The molecular weight excluding hydrogens is 525 g/mol. The van der Waals surface area contributed by atoms with Crippen molar-refractivity contribution in [3.05, 3.63) is 51.6 Å². The fourth-order valence-corrected chi connectivity index (χ4v) is 8.18. The van der Waals surface area contributed by atoms with E-state index in [0.29, 0.717) is 5.57 Å².